The molecule has 2 aromatic carbocycles. The number of anilines is 1. The number of pyridine rings is 1. The number of aliphatic hydroxyl groups excluding tert-OH is 1. The first-order valence-corrected chi connectivity index (χ1v) is 10.3. The molecule has 3 aromatic rings. The number of carbonyl (C=O) groups is 2. The van der Waals surface area contributed by atoms with Crippen LogP contribution in [0.2, 0.25) is 5.02 Å². The second-order valence-corrected chi connectivity index (χ2v) is 7.97. The molecule has 0 radical (unpaired) electrons. The molecule has 162 valence electrons. The van der Waals surface area contributed by atoms with Gasteiger partial charge in [0.1, 0.15) is 17.6 Å². The van der Waals surface area contributed by atoms with Gasteiger partial charge in [-0.1, -0.05) is 35.4 Å². The van der Waals surface area contributed by atoms with Gasteiger partial charge in [0.2, 0.25) is 0 Å². The maximum absolute atomic E-state index is 13.2. The van der Waals surface area contributed by atoms with Gasteiger partial charge in [0.15, 0.2) is 0 Å². The van der Waals surface area contributed by atoms with Gasteiger partial charge in [-0.2, -0.15) is 0 Å². The Balaban J connectivity index is 1.98. The maximum Gasteiger partial charge on any atom is 0.300 e. The van der Waals surface area contributed by atoms with Crippen LogP contribution in [0.15, 0.2) is 66.4 Å². The Labute approximate surface area is 190 Å². The van der Waals surface area contributed by atoms with Crippen LogP contribution in [0.1, 0.15) is 28.4 Å². The minimum Gasteiger partial charge on any atom is -0.507 e. The van der Waals surface area contributed by atoms with E-state index in [-0.39, 0.29) is 11.3 Å². The highest BCUT2D eigenvalue weighted by atomic mass is 35.5. The maximum atomic E-state index is 13.2. The average molecular weight is 449 g/mol. The first kappa shape index (κ1) is 21.6. The zero-order valence-corrected chi connectivity index (χ0v) is 18.6. The summed E-state index contributed by atoms with van der Waals surface area (Å²) in [6.07, 6.45) is 1.57. The van der Waals surface area contributed by atoms with Crippen molar-refractivity contribution in [3.8, 4) is 5.75 Å². The number of hydrogen-bond donors (Lipinski definition) is 1. The van der Waals surface area contributed by atoms with Gasteiger partial charge in [0.05, 0.1) is 23.9 Å². The Morgan fingerprint density at radius 1 is 1.09 bits per heavy atom. The van der Waals surface area contributed by atoms with E-state index in [1.807, 2.05) is 19.9 Å². The third-order valence-electron chi connectivity index (χ3n) is 5.46. The van der Waals surface area contributed by atoms with E-state index in [4.69, 9.17) is 16.3 Å². The fraction of sp³-hybridized carbons (Fsp3) is 0.160. The van der Waals surface area contributed by atoms with Crippen LogP contribution in [0.25, 0.3) is 5.76 Å². The molecule has 1 atom stereocenters. The van der Waals surface area contributed by atoms with E-state index in [1.54, 1.807) is 54.7 Å². The number of benzene rings is 2. The van der Waals surface area contributed by atoms with Crippen LogP contribution in [0, 0.1) is 13.8 Å². The second-order valence-electron chi connectivity index (χ2n) is 7.56. The lowest BCUT2D eigenvalue weighted by molar-refractivity contribution is -0.132. The van der Waals surface area contributed by atoms with Crippen LogP contribution >= 0.6 is 11.6 Å². The van der Waals surface area contributed by atoms with Gasteiger partial charge in [0, 0.05) is 16.9 Å². The molecule has 6 nitrogen and oxygen atoms in total. The molecule has 1 aromatic heterocycles. The van der Waals surface area contributed by atoms with Gasteiger partial charge in [-0.05, 0) is 55.8 Å². The molecular weight excluding hydrogens is 428 g/mol. The van der Waals surface area contributed by atoms with E-state index in [0.717, 1.165) is 11.1 Å². The zero-order valence-electron chi connectivity index (χ0n) is 17.8. The Kier molecular flexibility index (Phi) is 5.72. The number of aryl methyl sites for hydroxylation is 2. The number of aromatic nitrogens is 1. The molecule has 1 aliphatic rings. The molecule has 1 amide bonds. The number of methoxy groups -OCH3 is 1. The molecule has 0 bridgehead atoms. The van der Waals surface area contributed by atoms with Gasteiger partial charge in [-0.25, -0.2) is 0 Å². The van der Waals surface area contributed by atoms with E-state index in [9.17, 15) is 14.7 Å². The fourth-order valence-corrected chi connectivity index (χ4v) is 3.97. The lowest BCUT2D eigenvalue weighted by Crippen LogP contribution is -2.29. The van der Waals surface area contributed by atoms with Crippen molar-refractivity contribution in [2.24, 2.45) is 0 Å². The van der Waals surface area contributed by atoms with Gasteiger partial charge in [0.25, 0.3) is 11.7 Å². The van der Waals surface area contributed by atoms with E-state index >= 15 is 0 Å². The molecular formula is C25H21ClN2O4. The molecule has 1 saturated heterocycles. The lowest BCUT2D eigenvalue weighted by Gasteiger charge is -2.25. The minimum atomic E-state index is -0.930. The standard InChI is InChI=1S/C25H21ClN2O4/c1-14-7-10-20(32-3)17(12-14)23(29)21-22(19-6-4-5-11-27-19)28(25(31)24(21)30)16-9-8-15(2)18(26)13-16/h4-13,22,29H,1-3H3/b23-21+. The van der Waals surface area contributed by atoms with Crippen molar-refractivity contribution in [3.63, 3.8) is 0 Å². The van der Waals surface area contributed by atoms with Crippen molar-refractivity contribution in [1.82, 2.24) is 4.98 Å². The van der Waals surface area contributed by atoms with E-state index in [0.29, 0.717) is 27.7 Å². The Bertz CT molecular complexity index is 1250. The van der Waals surface area contributed by atoms with E-state index < -0.39 is 17.7 Å². The van der Waals surface area contributed by atoms with Crippen LogP contribution in [0.4, 0.5) is 5.69 Å². The second kappa shape index (κ2) is 8.48. The summed E-state index contributed by atoms with van der Waals surface area (Å²) in [6, 6.07) is 14.6. The van der Waals surface area contributed by atoms with Gasteiger partial charge in [-0.3, -0.25) is 19.5 Å². The third kappa shape index (κ3) is 3.63. The normalized spacial score (nSPS) is 17.6. The molecule has 1 unspecified atom stereocenters. The van der Waals surface area contributed by atoms with Crippen LogP contribution < -0.4 is 9.64 Å². The molecule has 0 aliphatic carbocycles. The lowest BCUT2D eigenvalue weighted by atomic mass is 9.97. The van der Waals surface area contributed by atoms with Crippen molar-refractivity contribution in [2.45, 2.75) is 19.9 Å². The summed E-state index contributed by atoms with van der Waals surface area (Å²) in [6.45, 7) is 3.71. The van der Waals surface area contributed by atoms with Crippen molar-refractivity contribution >= 4 is 34.7 Å². The number of ketones is 1. The highest BCUT2D eigenvalue weighted by Gasteiger charge is 2.48. The first-order chi connectivity index (χ1) is 15.3. The Morgan fingerprint density at radius 3 is 2.53 bits per heavy atom. The van der Waals surface area contributed by atoms with Gasteiger partial charge < -0.3 is 9.84 Å². The van der Waals surface area contributed by atoms with Gasteiger partial charge in [-0.15, -0.1) is 0 Å². The number of hydrogen-bond acceptors (Lipinski definition) is 5. The van der Waals surface area contributed by atoms with Crippen molar-refractivity contribution in [2.75, 3.05) is 12.0 Å². The smallest absolute Gasteiger partial charge is 0.300 e. The fourth-order valence-electron chi connectivity index (χ4n) is 3.80. The molecule has 1 aliphatic heterocycles. The quantitative estimate of drug-likeness (QED) is 0.345. The predicted molar refractivity (Wildman–Crippen MR) is 123 cm³/mol. The number of nitrogens with zero attached hydrogens (tertiary/aromatic N) is 2. The zero-order chi connectivity index (χ0) is 23.0. The van der Waals surface area contributed by atoms with Gasteiger partial charge >= 0.3 is 0 Å². The van der Waals surface area contributed by atoms with Crippen LogP contribution in [-0.2, 0) is 9.59 Å². The number of halogens is 1. The highest BCUT2D eigenvalue weighted by molar-refractivity contribution is 6.51. The Morgan fingerprint density at radius 2 is 1.88 bits per heavy atom. The molecule has 0 spiro atoms. The van der Waals surface area contributed by atoms with Crippen LogP contribution in [0.5, 0.6) is 5.75 Å². The molecule has 32 heavy (non-hydrogen) atoms. The third-order valence-corrected chi connectivity index (χ3v) is 5.86. The monoisotopic (exact) mass is 448 g/mol. The number of Topliss-reactive ketones (excluding diaryl/α,β-unsaturated/α-hetero) is 1. The van der Waals surface area contributed by atoms with Crippen LogP contribution in [0.3, 0.4) is 0 Å². The SMILES string of the molecule is COc1ccc(C)cc1/C(O)=C1\C(=O)C(=O)N(c2ccc(C)c(Cl)c2)C1c1ccccn1. The van der Waals surface area contributed by atoms with E-state index in [1.165, 1.54) is 12.0 Å². The largest absolute Gasteiger partial charge is 0.507 e. The molecule has 2 heterocycles. The summed E-state index contributed by atoms with van der Waals surface area (Å²) in [5.74, 6) is -1.51. The summed E-state index contributed by atoms with van der Waals surface area (Å²) in [5.41, 5.74) is 2.85. The molecule has 1 N–H and O–H groups in total. The minimum absolute atomic E-state index is 0.0608. The average Bonchev–Trinajstić information content (AvgIpc) is 3.06. The number of amides is 1. The van der Waals surface area contributed by atoms with E-state index in [2.05, 4.69) is 4.98 Å². The summed E-state index contributed by atoms with van der Waals surface area (Å²) < 4.78 is 5.39. The summed E-state index contributed by atoms with van der Waals surface area (Å²) >= 11 is 6.31. The molecule has 1 fully saturated rings. The Hall–Kier alpha value is -3.64. The highest BCUT2D eigenvalue weighted by Crippen LogP contribution is 2.43. The number of carbonyl (C=O) groups excluding carboxylic acids is 2. The topological polar surface area (TPSA) is 79.7 Å². The number of aliphatic hydroxyl groups is 1. The number of ether oxygens (including phenoxy) is 1. The predicted octanol–water partition coefficient (Wildman–Crippen LogP) is 4.99. The summed E-state index contributed by atoms with van der Waals surface area (Å²) in [7, 11) is 1.48. The van der Waals surface area contributed by atoms with Crippen molar-refractivity contribution in [1.29, 1.82) is 0 Å². The number of rotatable bonds is 4. The van der Waals surface area contributed by atoms with Crippen molar-refractivity contribution < 1.29 is 19.4 Å². The summed E-state index contributed by atoms with van der Waals surface area (Å²) in [5, 5.41) is 11.7. The van der Waals surface area contributed by atoms with Crippen LogP contribution in [-0.4, -0.2) is 28.9 Å². The first-order valence-electron chi connectivity index (χ1n) is 9.96. The molecule has 7 heteroatoms. The summed E-state index contributed by atoms with van der Waals surface area (Å²) in [4.78, 5) is 32.1. The van der Waals surface area contributed by atoms with Crippen molar-refractivity contribution in [3.05, 3.63) is 93.8 Å². The molecule has 4 rings (SSSR count). The molecule has 0 saturated carbocycles.